The summed E-state index contributed by atoms with van der Waals surface area (Å²) in [4.78, 5) is 6.63. The van der Waals surface area contributed by atoms with Gasteiger partial charge >= 0.3 is 0 Å². The zero-order valence-corrected chi connectivity index (χ0v) is 19.9. The second-order valence-corrected chi connectivity index (χ2v) is 9.91. The Kier molecular flexibility index (Phi) is 6.96. The third-order valence-electron chi connectivity index (χ3n) is 6.63. The zero-order valence-electron chi connectivity index (χ0n) is 19.1. The molecule has 0 amide bonds. The van der Waals surface area contributed by atoms with Crippen molar-refractivity contribution in [2.24, 2.45) is 0 Å². The Hall–Kier alpha value is -2.24. The Morgan fingerprint density at radius 3 is 2.75 bits per heavy atom. The van der Waals surface area contributed by atoms with Crippen molar-refractivity contribution in [1.29, 1.82) is 0 Å². The van der Waals surface area contributed by atoms with Crippen LogP contribution >= 0.6 is 11.6 Å². The molecule has 6 heteroatoms. The van der Waals surface area contributed by atoms with Crippen LogP contribution in [0.15, 0.2) is 48.7 Å². The molecule has 1 aliphatic carbocycles. The molecule has 1 aromatic carbocycles. The monoisotopic (exact) mass is 455 g/mol. The van der Waals surface area contributed by atoms with E-state index in [1.165, 1.54) is 11.1 Å². The van der Waals surface area contributed by atoms with Gasteiger partial charge < -0.3 is 20.1 Å². The highest BCUT2D eigenvalue weighted by atomic mass is 35.5. The van der Waals surface area contributed by atoms with E-state index < -0.39 is 5.60 Å². The predicted octanol–water partition coefficient (Wildman–Crippen LogP) is 5.79. The lowest BCUT2D eigenvalue weighted by Crippen LogP contribution is -2.43. The number of benzene rings is 1. The first-order valence-electron chi connectivity index (χ1n) is 11.6. The maximum Gasteiger partial charge on any atom is 0.146 e. The first-order valence-corrected chi connectivity index (χ1v) is 12.0. The minimum Gasteiger partial charge on any atom is -0.489 e. The quantitative estimate of drug-likeness (QED) is 0.468. The fourth-order valence-electron chi connectivity index (χ4n) is 4.56. The van der Waals surface area contributed by atoms with Gasteiger partial charge in [0.1, 0.15) is 22.7 Å². The molecule has 2 N–H and O–H groups in total. The number of rotatable bonds is 9. The van der Waals surface area contributed by atoms with Crippen LogP contribution in [0.3, 0.4) is 0 Å². The Labute approximate surface area is 196 Å². The summed E-state index contributed by atoms with van der Waals surface area (Å²) in [7, 11) is 0. The molecule has 4 rings (SSSR count). The molecule has 0 radical (unpaired) electrons. The minimum absolute atomic E-state index is 0.116. The number of pyridine rings is 1. The van der Waals surface area contributed by atoms with Gasteiger partial charge in [-0.15, -0.1) is 6.58 Å². The van der Waals surface area contributed by atoms with E-state index in [1.807, 2.05) is 6.07 Å². The summed E-state index contributed by atoms with van der Waals surface area (Å²) in [5.74, 6) is 2.00. The van der Waals surface area contributed by atoms with Gasteiger partial charge in [-0.05, 0) is 62.3 Å². The molecule has 32 heavy (non-hydrogen) atoms. The topological polar surface area (TPSA) is 57.6 Å². The van der Waals surface area contributed by atoms with Gasteiger partial charge in [0.05, 0.1) is 17.8 Å². The molecule has 2 heterocycles. The summed E-state index contributed by atoms with van der Waals surface area (Å²) in [6, 6.07) is 10.4. The number of nitrogens with zero attached hydrogens (tertiary/aromatic N) is 2. The number of hydrogen-bond donors (Lipinski definition) is 2. The summed E-state index contributed by atoms with van der Waals surface area (Å²) in [6.07, 6.45) is 6.56. The van der Waals surface area contributed by atoms with Gasteiger partial charge in [-0.3, -0.25) is 0 Å². The van der Waals surface area contributed by atoms with E-state index in [0.29, 0.717) is 23.3 Å². The number of aliphatic hydroxyl groups is 1. The molecule has 1 saturated carbocycles. The van der Waals surface area contributed by atoms with Crippen LogP contribution in [0.25, 0.3) is 0 Å². The molecular formula is C26H34ClN3O2. The molecule has 2 fully saturated rings. The van der Waals surface area contributed by atoms with Crippen molar-refractivity contribution < 1.29 is 9.84 Å². The maximum absolute atomic E-state index is 10.3. The SMILES string of the molecule is C=C(C)C[C@@H](C)c1ccc(O[C@@H]2CCN(c3ccnc(NCC4(O)CCC4)c3Cl)C2)cc1. The van der Waals surface area contributed by atoms with Crippen molar-refractivity contribution >= 4 is 23.1 Å². The average molecular weight is 456 g/mol. The molecule has 1 saturated heterocycles. The largest absolute Gasteiger partial charge is 0.489 e. The molecule has 5 nitrogen and oxygen atoms in total. The number of nitrogens with one attached hydrogen (secondary N) is 1. The fourth-order valence-corrected chi connectivity index (χ4v) is 4.86. The van der Waals surface area contributed by atoms with Crippen molar-refractivity contribution in [3.05, 3.63) is 59.3 Å². The highest BCUT2D eigenvalue weighted by Gasteiger charge is 2.34. The van der Waals surface area contributed by atoms with Crippen LogP contribution in [-0.2, 0) is 0 Å². The lowest BCUT2D eigenvalue weighted by atomic mass is 9.80. The molecule has 0 bridgehead atoms. The number of anilines is 2. The van der Waals surface area contributed by atoms with E-state index in [4.69, 9.17) is 16.3 Å². The van der Waals surface area contributed by atoms with Crippen molar-refractivity contribution in [2.45, 2.75) is 63.6 Å². The first-order chi connectivity index (χ1) is 15.3. The molecule has 2 aromatic rings. The number of hydrogen-bond acceptors (Lipinski definition) is 5. The Morgan fingerprint density at radius 1 is 1.34 bits per heavy atom. The van der Waals surface area contributed by atoms with Crippen molar-refractivity contribution in [3.63, 3.8) is 0 Å². The van der Waals surface area contributed by atoms with Crippen molar-refractivity contribution in [3.8, 4) is 5.75 Å². The third kappa shape index (κ3) is 5.38. The lowest BCUT2D eigenvalue weighted by Gasteiger charge is -2.36. The normalized spacial score (nSPS) is 20.5. The summed E-state index contributed by atoms with van der Waals surface area (Å²) in [5.41, 5.74) is 2.85. The van der Waals surface area contributed by atoms with Crippen molar-refractivity contribution in [1.82, 2.24) is 4.98 Å². The van der Waals surface area contributed by atoms with E-state index in [2.05, 4.69) is 59.9 Å². The van der Waals surface area contributed by atoms with Crippen molar-refractivity contribution in [2.75, 3.05) is 29.9 Å². The zero-order chi connectivity index (χ0) is 22.7. The predicted molar refractivity (Wildman–Crippen MR) is 132 cm³/mol. The molecule has 1 aliphatic heterocycles. The van der Waals surface area contributed by atoms with Gasteiger partial charge in [-0.2, -0.15) is 0 Å². The Bertz CT molecular complexity index is 943. The number of aromatic nitrogens is 1. The van der Waals surface area contributed by atoms with Crippen LogP contribution in [0.2, 0.25) is 5.02 Å². The molecule has 2 aliphatic rings. The highest BCUT2D eigenvalue weighted by molar-refractivity contribution is 6.35. The standard InChI is InChI=1S/C26H34ClN3O2/c1-18(2)15-19(3)20-5-7-21(8-6-20)32-22-10-14-30(16-22)23-9-13-28-25(24(23)27)29-17-26(31)11-4-12-26/h5-9,13,19,22,31H,1,4,10-12,14-17H2,2-3H3,(H,28,29)/t19-,22-/m1/s1. The van der Waals surface area contributed by atoms with Gasteiger partial charge in [-0.1, -0.05) is 36.2 Å². The fraction of sp³-hybridized carbons (Fsp3) is 0.500. The van der Waals surface area contributed by atoms with E-state index in [9.17, 15) is 5.11 Å². The van der Waals surface area contributed by atoms with E-state index >= 15 is 0 Å². The molecule has 2 atom stereocenters. The second-order valence-electron chi connectivity index (χ2n) is 9.53. The van der Waals surface area contributed by atoms with E-state index in [0.717, 1.165) is 56.6 Å². The van der Waals surface area contributed by atoms with Crippen LogP contribution in [0, 0.1) is 0 Å². The average Bonchev–Trinajstić information content (AvgIpc) is 3.20. The van der Waals surface area contributed by atoms with Gasteiger partial charge in [0, 0.05) is 25.7 Å². The van der Waals surface area contributed by atoms with Crippen LogP contribution in [-0.4, -0.2) is 41.4 Å². The molecule has 0 spiro atoms. The summed E-state index contributed by atoms with van der Waals surface area (Å²) < 4.78 is 6.26. The van der Waals surface area contributed by atoms with Crippen LogP contribution in [0.5, 0.6) is 5.75 Å². The third-order valence-corrected chi connectivity index (χ3v) is 7.00. The molecule has 0 unspecified atom stereocenters. The number of allylic oxidation sites excluding steroid dienone is 1. The van der Waals surface area contributed by atoms with Gasteiger partial charge in [0.15, 0.2) is 0 Å². The Morgan fingerprint density at radius 2 is 2.09 bits per heavy atom. The summed E-state index contributed by atoms with van der Waals surface area (Å²) >= 11 is 6.67. The van der Waals surface area contributed by atoms with Gasteiger partial charge in [-0.25, -0.2) is 4.98 Å². The maximum atomic E-state index is 10.3. The molecule has 1 aromatic heterocycles. The first kappa shape index (κ1) is 22.9. The van der Waals surface area contributed by atoms with Gasteiger partial charge in [0.2, 0.25) is 0 Å². The summed E-state index contributed by atoms with van der Waals surface area (Å²) in [5, 5.41) is 14.2. The highest BCUT2D eigenvalue weighted by Crippen LogP contribution is 2.36. The van der Waals surface area contributed by atoms with Crippen LogP contribution < -0.4 is 15.0 Å². The van der Waals surface area contributed by atoms with Crippen LogP contribution in [0.1, 0.15) is 57.4 Å². The Balaban J connectivity index is 1.34. The molecular weight excluding hydrogens is 422 g/mol. The van der Waals surface area contributed by atoms with Gasteiger partial charge in [0.25, 0.3) is 0 Å². The summed E-state index contributed by atoms with van der Waals surface area (Å²) in [6.45, 7) is 10.5. The smallest absolute Gasteiger partial charge is 0.146 e. The minimum atomic E-state index is -0.620. The van der Waals surface area contributed by atoms with E-state index in [1.54, 1.807) is 6.20 Å². The van der Waals surface area contributed by atoms with Crippen LogP contribution in [0.4, 0.5) is 11.5 Å². The second kappa shape index (κ2) is 9.72. The number of halogens is 1. The number of ether oxygens (including phenoxy) is 1. The lowest BCUT2D eigenvalue weighted by molar-refractivity contribution is -0.0202. The molecule has 172 valence electrons. The van der Waals surface area contributed by atoms with E-state index in [-0.39, 0.29) is 6.10 Å².